The van der Waals surface area contributed by atoms with E-state index in [1.54, 1.807) is 0 Å². The summed E-state index contributed by atoms with van der Waals surface area (Å²) in [5, 5.41) is 0. The van der Waals surface area contributed by atoms with E-state index in [9.17, 15) is 0 Å². The molecule has 0 saturated heterocycles. The zero-order valence-corrected chi connectivity index (χ0v) is 20.6. The van der Waals surface area contributed by atoms with Crippen LogP contribution in [0.2, 0.25) is 0 Å². The largest absolute Gasteiger partial charge is 3.00 e. The Kier molecular flexibility index (Phi) is 87.0. The topological polar surface area (TPSA) is 353 Å². The van der Waals surface area contributed by atoms with Gasteiger partial charge >= 0.3 is 130 Å². The Labute approximate surface area is 224 Å². The van der Waals surface area contributed by atoms with Gasteiger partial charge in [0.2, 0.25) is 0 Å². The fourth-order valence-corrected chi connectivity index (χ4v) is 0. The van der Waals surface area contributed by atoms with Crippen LogP contribution in [0.3, 0.4) is 0 Å². The Morgan fingerprint density at radius 3 is 0.409 bits per heavy atom. The molecule has 22 heteroatoms. The molecule has 0 spiro atoms. The van der Waals surface area contributed by atoms with Crippen molar-refractivity contribution in [1.82, 2.24) is 0 Å². The molecule has 0 fully saturated rings. The molecule has 0 bridgehead atoms. The molecule has 1 radical (unpaired) electrons. The molecule has 125 valence electrons. The van der Waals surface area contributed by atoms with Gasteiger partial charge in [-0.15, -0.1) is 0 Å². The summed E-state index contributed by atoms with van der Waals surface area (Å²) >= 11 is 0. The van der Waals surface area contributed by atoms with E-state index in [0.29, 0.717) is 0 Å². The first kappa shape index (κ1) is 63.3. The van der Waals surface area contributed by atoms with Crippen LogP contribution in [0.4, 0.5) is 0 Å². The van der Waals surface area contributed by atoms with Crippen molar-refractivity contribution in [2.75, 3.05) is 0 Å². The summed E-state index contributed by atoms with van der Waals surface area (Å²) in [6, 6.07) is 0. The molecule has 0 atom stereocenters. The van der Waals surface area contributed by atoms with Crippen molar-refractivity contribution in [2.24, 2.45) is 0 Å². The monoisotopic (exact) mass is 515 g/mol. The standard InChI is InChI=1S/3Ca.Fe.3H3O4P.3H2O/c;;;;3*1-5(2,3)4;;;/h;;;;3*(H3,1,2,3,4);3*1H2/q3*+2;+3;;;;;;/p-9. The third kappa shape index (κ3) is 666. The molecule has 0 rings (SSSR count). The molecule has 0 aromatic heterocycles. The minimum Gasteiger partial charge on any atom is -0.822 e. The predicted molar refractivity (Wildman–Crippen MR) is 50.9 cm³/mol. The second-order valence-corrected chi connectivity index (χ2v) is 4.02. The Balaban J connectivity index is -0.0000000106. The fraction of sp³-hybridized carbons (Fsp3) is 0. The van der Waals surface area contributed by atoms with Crippen molar-refractivity contribution in [3.05, 3.63) is 0 Å². The zero-order valence-electron chi connectivity index (χ0n) is 10.2. The van der Waals surface area contributed by atoms with E-state index in [-0.39, 0.29) is 147 Å². The van der Waals surface area contributed by atoms with Crippen molar-refractivity contribution in [1.29, 1.82) is 0 Å². The molecule has 6 N–H and O–H groups in total. The number of phosphoric acid groups is 3. The molecule has 22 heavy (non-hydrogen) atoms. The van der Waals surface area contributed by atoms with Crippen molar-refractivity contribution >= 4 is 137 Å². The molecule has 0 heterocycles. The SMILES string of the molecule is O.O.O.O=P([O-])([O-])[O-].O=P([O-])([O-])[O-].O=P([O-])([O-])[O-].[Ca+2].[Ca+2].[Ca+2].[Fe+3]. The third-order valence-electron chi connectivity index (χ3n) is 0. The van der Waals surface area contributed by atoms with Gasteiger partial charge in [-0.3, -0.25) is 0 Å². The van der Waals surface area contributed by atoms with E-state index in [0.717, 1.165) is 0 Å². The van der Waals surface area contributed by atoms with Crippen LogP contribution in [0, 0.1) is 0 Å². The first-order valence-corrected chi connectivity index (χ1v) is 6.57. The summed E-state index contributed by atoms with van der Waals surface area (Å²) in [6.07, 6.45) is 0. The maximum atomic E-state index is 8.55. The molecule has 0 aliphatic carbocycles. The Morgan fingerprint density at radius 1 is 0.409 bits per heavy atom. The van der Waals surface area contributed by atoms with Gasteiger partial charge in [-0.2, -0.15) is 23.5 Å². The van der Waals surface area contributed by atoms with Gasteiger partial charge in [0.05, 0.1) is 0 Å². The van der Waals surface area contributed by atoms with Crippen LogP contribution in [0.25, 0.3) is 0 Å². The maximum Gasteiger partial charge on any atom is 3.00 e. The van der Waals surface area contributed by atoms with Crippen LogP contribution < -0.4 is 44.0 Å². The van der Waals surface area contributed by atoms with Crippen LogP contribution in [-0.2, 0) is 30.8 Å². The van der Waals surface area contributed by atoms with Crippen molar-refractivity contribution in [2.45, 2.75) is 0 Å². The molecule has 0 aromatic rings. The van der Waals surface area contributed by atoms with Gasteiger partial charge in [-0.05, 0) is 0 Å². The molecule has 0 amide bonds. The van der Waals surface area contributed by atoms with Crippen molar-refractivity contribution in [3.8, 4) is 0 Å². The summed E-state index contributed by atoms with van der Waals surface area (Å²) in [7, 11) is -16.2. The Morgan fingerprint density at radius 2 is 0.409 bits per heavy atom. The number of rotatable bonds is 0. The summed E-state index contributed by atoms with van der Waals surface area (Å²) in [5.41, 5.74) is 0. The minimum atomic E-state index is -5.39. The second-order valence-electron chi connectivity index (χ2n) is 1.34. The van der Waals surface area contributed by atoms with E-state index >= 15 is 0 Å². The van der Waals surface area contributed by atoms with Gasteiger partial charge in [-0.1, -0.05) is 0 Å². The van der Waals surface area contributed by atoms with Gasteiger partial charge in [-0.25, -0.2) is 0 Å². The summed E-state index contributed by atoms with van der Waals surface area (Å²) < 4.78 is 25.6. The van der Waals surface area contributed by atoms with Gasteiger partial charge in [0.25, 0.3) is 0 Å². The maximum absolute atomic E-state index is 8.55. The first-order chi connectivity index (χ1) is 6.00. The molecule has 0 aliphatic heterocycles. The van der Waals surface area contributed by atoms with Crippen molar-refractivity contribution in [3.63, 3.8) is 0 Å². The van der Waals surface area contributed by atoms with Crippen molar-refractivity contribution < 1.29 is 91.2 Å². The predicted octanol–water partition coefficient (Wildman–Crippen LogP) is -12.1. The number of hydrogen-bond donors (Lipinski definition) is 0. The van der Waals surface area contributed by atoms with Crippen LogP contribution in [0.5, 0.6) is 0 Å². The molecular weight excluding hydrogens is 509 g/mol. The Bertz CT molecular complexity index is 216. The van der Waals surface area contributed by atoms with Gasteiger partial charge in [0.1, 0.15) is 0 Å². The normalized spacial score (nSPS) is 8.05. The molecule has 0 saturated carbocycles. The Hall–Kier alpha value is 4.51. The van der Waals surface area contributed by atoms with E-state index in [1.807, 2.05) is 0 Å². The van der Waals surface area contributed by atoms with E-state index in [1.165, 1.54) is 0 Å². The number of hydrogen-bond acceptors (Lipinski definition) is 12. The molecule has 15 nitrogen and oxygen atoms in total. The van der Waals surface area contributed by atoms with Gasteiger partial charge in [0, 0.05) is 0 Å². The average molecular weight is 515 g/mol. The van der Waals surface area contributed by atoms with E-state index < -0.39 is 23.5 Å². The summed E-state index contributed by atoms with van der Waals surface area (Å²) in [4.78, 5) is 76.9. The van der Waals surface area contributed by atoms with Crippen LogP contribution >= 0.6 is 23.5 Å². The smallest absolute Gasteiger partial charge is 0.822 e. The third-order valence-corrected chi connectivity index (χ3v) is 0. The fourth-order valence-electron chi connectivity index (χ4n) is 0. The minimum absolute atomic E-state index is 0. The first-order valence-electron chi connectivity index (χ1n) is 2.19. The summed E-state index contributed by atoms with van der Waals surface area (Å²) in [6.45, 7) is 0. The van der Waals surface area contributed by atoms with Crippen LogP contribution in [-0.4, -0.2) is 130 Å². The van der Waals surface area contributed by atoms with Gasteiger partial charge in [0.15, 0.2) is 0 Å². The van der Waals surface area contributed by atoms with E-state index in [4.69, 9.17) is 57.7 Å². The van der Waals surface area contributed by atoms with Crippen LogP contribution in [0.15, 0.2) is 0 Å². The van der Waals surface area contributed by atoms with E-state index in [2.05, 4.69) is 0 Å². The quantitative estimate of drug-likeness (QED) is 0.214. The zero-order chi connectivity index (χ0) is 13.5. The van der Waals surface area contributed by atoms with Crippen LogP contribution in [0.1, 0.15) is 0 Å². The molecular formula is H6Ca3FeO15P3. The second kappa shape index (κ2) is 30.2. The molecule has 0 aliphatic rings. The average Bonchev–Trinajstić information content (AvgIpc) is 1.41. The summed E-state index contributed by atoms with van der Waals surface area (Å²) in [5.74, 6) is 0. The molecule has 0 unspecified atom stereocenters. The molecule has 0 aromatic carbocycles. The van der Waals surface area contributed by atoms with Gasteiger partial charge < -0.3 is 74.2 Å².